The average Bonchev–Trinajstić information content (AvgIpc) is 2.16. The van der Waals surface area contributed by atoms with Crippen molar-refractivity contribution in [2.45, 2.75) is 0 Å². The number of aromatic nitrogens is 2. The van der Waals surface area contributed by atoms with E-state index < -0.39 is 11.4 Å². The highest BCUT2D eigenvalue weighted by molar-refractivity contribution is 5.56. The van der Waals surface area contributed by atoms with Gasteiger partial charge in [0.25, 0.3) is 5.56 Å². The van der Waals surface area contributed by atoms with E-state index in [4.69, 9.17) is 5.73 Å². The lowest BCUT2D eigenvalue weighted by molar-refractivity contribution is 0.630. The Hall–Kier alpha value is -2.17. The van der Waals surface area contributed by atoms with Gasteiger partial charge in [-0.2, -0.15) is 0 Å². The van der Waals surface area contributed by atoms with Gasteiger partial charge >= 0.3 is 0 Å². The number of benzene rings is 1. The van der Waals surface area contributed by atoms with E-state index in [-0.39, 0.29) is 17.2 Å². The maximum Gasteiger partial charge on any atom is 0.253 e. The van der Waals surface area contributed by atoms with Crippen LogP contribution in [0.2, 0.25) is 0 Å². The summed E-state index contributed by atoms with van der Waals surface area (Å²) >= 11 is 0. The molecule has 0 aliphatic carbocycles. The van der Waals surface area contributed by atoms with Gasteiger partial charge in [0.15, 0.2) is 0 Å². The summed E-state index contributed by atoms with van der Waals surface area (Å²) in [6, 6.07) is 7.17. The summed E-state index contributed by atoms with van der Waals surface area (Å²) in [4.78, 5) is 17.4. The second-order valence-electron chi connectivity index (χ2n) is 3.00. The highest BCUT2D eigenvalue weighted by atomic mass is 19.1. The summed E-state index contributed by atoms with van der Waals surface area (Å²) in [5.74, 6) is -0.249. The molecule has 76 valence electrons. The van der Waals surface area contributed by atoms with Crippen molar-refractivity contribution >= 4 is 5.82 Å². The monoisotopic (exact) mass is 205 g/mol. The van der Waals surface area contributed by atoms with E-state index >= 15 is 0 Å². The van der Waals surface area contributed by atoms with Crippen LogP contribution in [0.4, 0.5) is 10.2 Å². The molecule has 15 heavy (non-hydrogen) atoms. The standard InChI is InChI=1S/C10H8FN3O/c11-7-4-2-1-3-6(7)10-13-8(12)5-9(15)14-10/h1-5H,(H3,12,13,14,15). The zero-order chi connectivity index (χ0) is 10.8. The number of hydrogen-bond acceptors (Lipinski definition) is 3. The zero-order valence-corrected chi connectivity index (χ0v) is 7.70. The molecule has 2 rings (SSSR count). The lowest BCUT2D eigenvalue weighted by Crippen LogP contribution is -2.10. The van der Waals surface area contributed by atoms with Crippen molar-refractivity contribution in [2.24, 2.45) is 0 Å². The van der Waals surface area contributed by atoms with Crippen LogP contribution in [-0.2, 0) is 0 Å². The quantitative estimate of drug-likeness (QED) is 0.733. The summed E-state index contributed by atoms with van der Waals surface area (Å²) < 4.78 is 13.3. The van der Waals surface area contributed by atoms with Crippen LogP contribution in [0.1, 0.15) is 0 Å². The SMILES string of the molecule is Nc1cc(=O)[nH]c(-c2ccccc2F)n1. The molecule has 3 N–H and O–H groups in total. The first-order valence-corrected chi connectivity index (χ1v) is 4.28. The largest absolute Gasteiger partial charge is 0.383 e. The third kappa shape index (κ3) is 1.85. The van der Waals surface area contributed by atoms with Crippen LogP contribution in [0, 0.1) is 5.82 Å². The Balaban J connectivity index is 2.64. The molecular formula is C10H8FN3O. The normalized spacial score (nSPS) is 10.2. The molecule has 2 aromatic rings. The first-order valence-electron chi connectivity index (χ1n) is 4.28. The number of hydrogen-bond donors (Lipinski definition) is 2. The molecule has 5 heteroatoms. The van der Waals surface area contributed by atoms with Gasteiger partial charge in [0.05, 0.1) is 5.56 Å². The van der Waals surface area contributed by atoms with E-state index in [1.807, 2.05) is 0 Å². The van der Waals surface area contributed by atoms with Crippen LogP contribution in [0.15, 0.2) is 35.1 Å². The number of aromatic amines is 1. The summed E-state index contributed by atoms with van der Waals surface area (Å²) in [7, 11) is 0. The van der Waals surface area contributed by atoms with Crippen LogP contribution in [0.5, 0.6) is 0 Å². The molecule has 0 radical (unpaired) electrons. The minimum atomic E-state index is -0.453. The fourth-order valence-corrected chi connectivity index (χ4v) is 1.26. The van der Waals surface area contributed by atoms with Crippen molar-refractivity contribution in [2.75, 3.05) is 5.73 Å². The third-order valence-corrected chi connectivity index (χ3v) is 1.89. The van der Waals surface area contributed by atoms with Gasteiger partial charge in [-0.3, -0.25) is 4.79 Å². The van der Waals surface area contributed by atoms with E-state index in [1.165, 1.54) is 12.1 Å². The number of nitrogens with one attached hydrogen (secondary N) is 1. The molecule has 0 aliphatic rings. The zero-order valence-electron chi connectivity index (χ0n) is 7.70. The fraction of sp³-hybridized carbons (Fsp3) is 0. The second-order valence-corrected chi connectivity index (χ2v) is 3.00. The molecule has 0 atom stereocenters. The first kappa shape index (κ1) is 9.39. The van der Waals surface area contributed by atoms with Crippen molar-refractivity contribution in [3.05, 3.63) is 46.5 Å². The molecule has 1 aromatic carbocycles. The Labute approximate surface area is 84.6 Å². The van der Waals surface area contributed by atoms with Gasteiger partial charge < -0.3 is 10.7 Å². The van der Waals surface area contributed by atoms with Gasteiger partial charge in [-0.1, -0.05) is 12.1 Å². The Bertz CT molecular complexity index is 550. The maximum absolute atomic E-state index is 13.3. The highest BCUT2D eigenvalue weighted by Gasteiger charge is 2.06. The lowest BCUT2D eigenvalue weighted by Gasteiger charge is -2.02. The van der Waals surface area contributed by atoms with Crippen molar-refractivity contribution in [1.29, 1.82) is 0 Å². The summed E-state index contributed by atoms with van der Waals surface area (Å²) in [6.07, 6.45) is 0. The number of anilines is 1. The minimum absolute atomic E-state index is 0.0667. The van der Waals surface area contributed by atoms with Gasteiger partial charge in [0, 0.05) is 6.07 Å². The molecule has 1 heterocycles. The van der Waals surface area contributed by atoms with Crippen molar-refractivity contribution in [1.82, 2.24) is 9.97 Å². The van der Waals surface area contributed by atoms with Gasteiger partial charge in [-0.05, 0) is 12.1 Å². The molecule has 0 fully saturated rings. The number of halogens is 1. The molecule has 0 amide bonds. The molecule has 0 unspecified atom stereocenters. The molecule has 4 nitrogen and oxygen atoms in total. The van der Waals surface area contributed by atoms with E-state index in [0.29, 0.717) is 0 Å². The molecule has 0 bridgehead atoms. The van der Waals surface area contributed by atoms with Crippen molar-refractivity contribution in [3.8, 4) is 11.4 Å². The molecule has 0 spiro atoms. The fourth-order valence-electron chi connectivity index (χ4n) is 1.26. The topological polar surface area (TPSA) is 71.8 Å². The predicted molar refractivity (Wildman–Crippen MR) is 54.7 cm³/mol. The Kier molecular flexibility index (Phi) is 2.21. The first-order chi connectivity index (χ1) is 7.16. The Morgan fingerprint density at radius 2 is 2.07 bits per heavy atom. The van der Waals surface area contributed by atoms with Gasteiger partial charge in [0.1, 0.15) is 17.5 Å². The second kappa shape index (κ2) is 3.53. The maximum atomic E-state index is 13.3. The van der Waals surface area contributed by atoms with Gasteiger partial charge in [0.2, 0.25) is 0 Å². The van der Waals surface area contributed by atoms with Gasteiger partial charge in [-0.15, -0.1) is 0 Å². The number of rotatable bonds is 1. The van der Waals surface area contributed by atoms with E-state index in [9.17, 15) is 9.18 Å². The average molecular weight is 205 g/mol. The number of nitrogens with zero attached hydrogens (tertiary/aromatic N) is 1. The predicted octanol–water partition coefficient (Wildman–Crippen LogP) is 1.16. The van der Waals surface area contributed by atoms with Crippen LogP contribution >= 0.6 is 0 Å². The van der Waals surface area contributed by atoms with Crippen LogP contribution in [0.3, 0.4) is 0 Å². The smallest absolute Gasteiger partial charge is 0.253 e. The lowest BCUT2D eigenvalue weighted by atomic mass is 10.2. The molecule has 0 aliphatic heterocycles. The van der Waals surface area contributed by atoms with Crippen LogP contribution in [0.25, 0.3) is 11.4 Å². The van der Waals surface area contributed by atoms with Crippen LogP contribution < -0.4 is 11.3 Å². The minimum Gasteiger partial charge on any atom is -0.383 e. The number of nitrogen functional groups attached to an aromatic ring is 1. The third-order valence-electron chi connectivity index (χ3n) is 1.89. The van der Waals surface area contributed by atoms with E-state index in [1.54, 1.807) is 12.1 Å². The summed E-state index contributed by atoms with van der Waals surface area (Å²) in [5, 5.41) is 0. The molecule has 0 saturated heterocycles. The molecular weight excluding hydrogens is 197 g/mol. The molecule has 1 aromatic heterocycles. The Morgan fingerprint density at radius 1 is 1.33 bits per heavy atom. The summed E-state index contributed by atoms with van der Waals surface area (Å²) in [6.45, 7) is 0. The molecule has 0 saturated carbocycles. The van der Waals surface area contributed by atoms with E-state index in [0.717, 1.165) is 6.07 Å². The Morgan fingerprint density at radius 3 is 2.73 bits per heavy atom. The summed E-state index contributed by atoms with van der Waals surface area (Å²) in [5.41, 5.74) is 5.22. The van der Waals surface area contributed by atoms with Gasteiger partial charge in [-0.25, -0.2) is 9.37 Å². The van der Waals surface area contributed by atoms with Crippen molar-refractivity contribution in [3.63, 3.8) is 0 Å². The highest BCUT2D eigenvalue weighted by Crippen LogP contribution is 2.17. The van der Waals surface area contributed by atoms with E-state index in [2.05, 4.69) is 9.97 Å². The number of nitrogens with two attached hydrogens (primary N) is 1. The van der Waals surface area contributed by atoms with Crippen molar-refractivity contribution < 1.29 is 4.39 Å². The van der Waals surface area contributed by atoms with Crippen LogP contribution in [-0.4, -0.2) is 9.97 Å². The number of H-pyrrole nitrogens is 1.